The monoisotopic (exact) mass is 668 g/mol. The van der Waals surface area contributed by atoms with E-state index in [-0.39, 0.29) is 5.41 Å². The van der Waals surface area contributed by atoms with E-state index in [2.05, 4.69) is 165 Å². The highest BCUT2D eigenvalue weighted by Crippen LogP contribution is 2.52. The highest BCUT2D eigenvalue weighted by Gasteiger charge is 2.40. The van der Waals surface area contributed by atoms with Gasteiger partial charge in [-0.3, -0.25) is 0 Å². The number of hydrogen-bond acceptors (Lipinski definition) is 3. The van der Waals surface area contributed by atoms with Gasteiger partial charge in [-0.25, -0.2) is 9.97 Å². The summed E-state index contributed by atoms with van der Waals surface area (Å²) in [5.74, 6) is 0.722. The van der Waals surface area contributed by atoms with E-state index in [9.17, 15) is 0 Å². The lowest BCUT2D eigenvalue weighted by Gasteiger charge is -2.28. The zero-order valence-corrected chi connectivity index (χ0v) is 28.9. The fourth-order valence-electron chi connectivity index (χ4n) is 8.03. The quantitative estimate of drug-likeness (QED) is 0.182. The SMILES string of the molecule is CC1(c2cccc(-c3cccc(-c4cc(-c5cccc6c5sc5ccccc56)nc(-c5ccccc5)n4)c3)c2)c2ccccc2-c2ccccc21. The van der Waals surface area contributed by atoms with Gasteiger partial charge in [0.2, 0.25) is 0 Å². The molecule has 7 aromatic carbocycles. The van der Waals surface area contributed by atoms with Gasteiger partial charge in [-0.1, -0.05) is 152 Å². The molecule has 0 saturated carbocycles. The van der Waals surface area contributed by atoms with Crippen molar-refractivity contribution in [1.29, 1.82) is 0 Å². The van der Waals surface area contributed by atoms with Crippen molar-refractivity contribution in [2.75, 3.05) is 0 Å². The van der Waals surface area contributed by atoms with Crippen molar-refractivity contribution < 1.29 is 0 Å². The van der Waals surface area contributed by atoms with E-state index < -0.39 is 0 Å². The Morgan fingerprint density at radius 2 is 1.00 bits per heavy atom. The average molecular weight is 669 g/mol. The van der Waals surface area contributed by atoms with Crippen molar-refractivity contribution in [3.8, 4) is 56.2 Å². The van der Waals surface area contributed by atoms with Gasteiger partial charge in [0.05, 0.1) is 11.4 Å². The molecule has 240 valence electrons. The van der Waals surface area contributed by atoms with E-state index in [1.807, 2.05) is 29.5 Å². The Balaban J connectivity index is 1.11. The number of nitrogens with zero attached hydrogens (tertiary/aromatic N) is 2. The van der Waals surface area contributed by atoms with Gasteiger partial charge in [0.15, 0.2) is 5.82 Å². The van der Waals surface area contributed by atoms with Gasteiger partial charge in [-0.2, -0.15) is 0 Å². The third-order valence-corrected chi connectivity index (χ3v) is 11.8. The molecule has 51 heavy (non-hydrogen) atoms. The summed E-state index contributed by atoms with van der Waals surface area (Å²) in [5.41, 5.74) is 13.8. The Bertz CT molecular complexity index is 2730. The minimum absolute atomic E-state index is 0.249. The molecular weight excluding hydrogens is 637 g/mol. The van der Waals surface area contributed by atoms with Gasteiger partial charge in [-0.05, 0) is 70.1 Å². The zero-order chi connectivity index (χ0) is 33.9. The third kappa shape index (κ3) is 4.77. The number of aromatic nitrogens is 2. The number of thiophene rings is 1. The maximum Gasteiger partial charge on any atom is 0.160 e. The van der Waals surface area contributed by atoms with E-state index in [0.717, 1.165) is 39.5 Å². The van der Waals surface area contributed by atoms with Crippen molar-refractivity contribution in [2.45, 2.75) is 12.3 Å². The average Bonchev–Trinajstić information content (AvgIpc) is 3.72. The Kier molecular flexibility index (Phi) is 6.83. The number of rotatable bonds is 5. The molecule has 0 saturated heterocycles. The van der Waals surface area contributed by atoms with Gasteiger partial charge >= 0.3 is 0 Å². The number of benzene rings is 7. The molecule has 2 aromatic heterocycles. The molecule has 1 aliphatic carbocycles. The second kappa shape index (κ2) is 11.7. The van der Waals surface area contributed by atoms with E-state index in [4.69, 9.17) is 9.97 Å². The minimum Gasteiger partial charge on any atom is -0.228 e. The summed E-state index contributed by atoms with van der Waals surface area (Å²) in [6.45, 7) is 2.37. The van der Waals surface area contributed by atoms with E-state index in [0.29, 0.717) is 0 Å². The van der Waals surface area contributed by atoms with Crippen LogP contribution in [0.3, 0.4) is 0 Å². The van der Waals surface area contributed by atoms with Crippen LogP contribution in [-0.2, 0) is 5.41 Å². The Morgan fingerprint density at radius 1 is 0.431 bits per heavy atom. The largest absolute Gasteiger partial charge is 0.228 e. The van der Waals surface area contributed by atoms with Gasteiger partial charge in [-0.15, -0.1) is 11.3 Å². The van der Waals surface area contributed by atoms with Crippen LogP contribution in [0.15, 0.2) is 176 Å². The van der Waals surface area contributed by atoms with Crippen LogP contribution in [0.5, 0.6) is 0 Å². The molecule has 2 nitrogen and oxygen atoms in total. The van der Waals surface area contributed by atoms with Crippen LogP contribution >= 0.6 is 11.3 Å². The van der Waals surface area contributed by atoms with Crippen molar-refractivity contribution >= 4 is 31.5 Å². The van der Waals surface area contributed by atoms with Crippen LogP contribution < -0.4 is 0 Å². The number of hydrogen-bond donors (Lipinski definition) is 0. The summed E-state index contributed by atoms with van der Waals surface area (Å²) in [6, 6.07) is 63.3. The van der Waals surface area contributed by atoms with Gasteiger partial charge in [0.1, 0.15) is 0 Å². The summed E-state index contributed by atoms with van der Waals surface area (Å²) in [7, 11) is 0. The smallest absolute Gasteiger partial charge is 0.160 e. The van der Waals surface area contributed by atoms with Crippen molar-refractivity contribution in [3.63, 3.8) is 0 Å². The minimum atomic E-state index is -0.249. The summed E-state index contributed by atoms with van der Waals surface area (Å²) in [5, 5.41) is 2.54. The second-order valence-corrected chi connectivity index (χ2v) is 14.5. The first-order chi connectivity index (χ1) is 25.1. The van der Waals surface area contributed by atoms with E-state index in [1.54, 1.807) is 0 Å². The van der Waals surface area contributed by atoms with Crippen LogP contribution in [0.25, 0.3) is 76.3 Å². The van der Waals surface area contributed by atoms with Crippen LogP contribution in [0, 0.1) is 0 Å². The lowest BCUT2D eigenvalue weighted by molar-refractivity contribution is 0.714. The standard InChI is InChI=1S/C48H32N2S/c1-48(41-25-8-5-20-36(41)37-21-6-9-26-42(37)48)35-19-12-17-33(29-35)32-16-11-18-34(28-32)43-30-44(50-47(49-43)31-14-3-2-4-15-31)40-24-13-23-39-38-22-7-10-27-45(38)51-46(39)40/h2-30H,1H3. The molecule has 0 fully saturated rings. The van der Waals surface area contributed by atoms with Gasteiger partial charge in [0, 0.05) is 42.3 Å². The lowest BCUT2D eigenvalue weighted by Crippen LogP contribution is -2.22. The molecular formula is C48H32N2S. The Hall–Kier alpha value is -6.16. The van der Waals surface area contributed by atoms with Gasteiger partial charge < -0.3 is 0 Å². The summed E-state index contributed by atoms with van der Waals surface area (Å²) < 4.78 is 2.53. The molecule has 0 unspecified atom stereocenters. The van der Waals surface area contributed by atoms with Crippen molar-refractivity contribution in [3.05, 3.63) is 193 Å². The summed E-state index contributed by atoms with van der Waals surface area (Å²) >= 11 is 1.83. The fraction of sp³-hybridized carbons (Fsp3) is 0.0417. The summed E-state index contributed by atoms with van der Waals surface area (Å²) in [6.07, 6.45) is 0. The topological polar surface area (TPSA) is 25.8 Å². The Labute approximate surface area is 301 Å². The summed E-state index contributed by atoms with van der Waals surface area (Å²) in [4.78, 5) is 10.4. The molecule has 0 aliphatic heterocycles. The van der Waals surface area contributed by atoms with Crippen LogP contribution in [-0.4, -0.2) is 9.97 Å². The lowest BCUT2D eigenvalue weighted by atomic mass is 9.74. The van der Waals surface area contributed by atoms with Gasteiger partial charge in [0.25, 0.3) is 0 Å². The van der Waals surface area contributed by atoms with E-state index >= 15 is 0 Å². The zero-order valence-electron chi connectivity index (χ0n) is 28.0. The van der Waals surface area contributed by atoms with Crippen LogP contribution in [0.2, 0.25) is 0 Å². The normalized spacial score (nSPS) is 13.0. The Morgan fingerprint density at radius 3 is 1.80 bits per heavy atom. The molecule has 0 bridgehead atoms. The number of fused-ring (bicyclic) bond motifs is 6. The highest BCUT2D eigenvalue weighted by atomic mass is 32.1. The fourth-order valence-corrected chi connectivity index (χ4v) is 9.26. The molecule has 1 aliphatic rings. The molecule has 0 N–H and O–H groups in total. The maximum absolute atomic E-state index is 5.20. The van der Waals surface area contributed by atoms with Crippen LogP contribution in [0.4, 0.5) is 0 Å². The first kappa shape index (κ1) is 29.7. The van der Waals surface area contributed by atoms with Crippen LogP contribution in [0.1, 0.15) is 23.6 Å². The molecule has 10 rings (SSSR count). The second-order valence-electron chi connectivity index (χ2n) is 13.5. The molecule has 0 amide bonds. The molecule has 9 aromatic rings. The highest BCUT2D eigenvalue weighted by molar-refractivity contribution is 7.26. The maximum atomic E-state index is 5.20. The molecule has 0 spiro atoms. The first-order valence-corrected chi connectivity index (χ1v) is 18.2. The van der Waals surface area contributed by atoms with E-state index in [1.165, 1.54) is 53.6 Å². The van der Waals surface area contributed by atoms with Crippen molar-refractivity contribution in [1.82, 2.24) is 9.97 Å². The molecule has 0 radical (unpaired) electrons. The predicted octanol–water partition coefficient (Wildman–Crippen LogP) is 12.8. The molecule has 3 heteroatoms. The predicted molar refractivity (Wildman–Crippen MR) is 214 cm³/mol. The van der Waals surface area contributed by atoms with Crippen molar-refractivity contribution in [2.24, 2.45) is 0 Å². The molecule has 2 heterocycles. The first-order valence-electron chi connectivity index (χ1n) is 17.4. The third-order valence-electron chi connectivity index (χ3n) is 10.6. The molecule has 0 atom stereocenters.